The zero-order valence-electron chi connectivity index (χ0n) is 15.8. The molecule has 30 heavy (non-hydrogen) atoms. The number of nitrogens with zero attached hydrogens (tertiary/aromatic N) is 3. The highest BCUT2D eigenvalue weighted by Crippen LogP contribution is 2.31. The lowest BCUT2D eigenvalue weighted by atomic mass is 9.99. The van der Waals surface area contributed by atoms with Crippen LogP contribution in [0.5, 0.6) is 0 Å². The van der Waals surface area contributed by atoms with Crippen LogP contribution in [0.2, 0.25) is 0 Å². The molecule has 0 saturated heterocycles. The fourth-order valence-electron chi connectivity index (χ4n) is 3.21. The molecule has 2 N–H and O–H groups in total. The van der Waals surface area contributed by atoms with Crippen LogP contribution in [0.1, 0.15) is 16.0 Å². The molecule has 0 spiro atoms. The van der Waals surface area contributed by atoms with Gasteiger partial charge in [-0.3, -0.25) is 9.36 Å². The Labute approximate surface area is 174 Å². The molecule has 0 bridgehead atoms. The predicted molar refractivity (Wildman–Crippen MR) is 107 cm³/mol. The van der Waals surface area contributed by atoms with Crippen molar-refractivity contribution in [2.45, 2.75) is 26.1 Å². The third-order valence-corrected chi connectivity index (χ3v) is 5.97. The number of nitrogens with two attached hydrogens (primary N) is 1. The Balaban J connectivity index is 1.52. The molecule has 0 amide bonds. The fourth-order valence-corrected chi connectivity index (χ4v) is 4.21. The number of fused-ring (bicyclic) bond motifs is 1. The van der Waals surface area contributed by atoms with Gasteiger partial charge >= 0.3 is 11.7 Å². The smallest absolute Gasteiger partial charge is 0.346 e. The molecule has 10 heteroatoms. The zero-order chi connectivity index (χ0) is 21.3. The molecule has 3 heterocycles. The lowest BCUT2D eigenvalue weighted by Gasteiger charge is -2.16. The summed E-state index contributed by atoms with van der Waals surface area (Å²) >= 11 is 1.51. The van der Waals surface area contributed by atoms with Crippen LogP contribution in [-0.2, 0) is 35.6 Å². The first-order valence-electron chi connectivity index (χ1n) is 9.16. The second-order valence-electron chi connectivity index (χ2n) is 6.85. The maximum absolute atomic E-state index is 12.8. The van der Waals surface area contributed by atoms with Crippen molar-refractivity contribution in [2.75, 3.05) is 6.54 Å². The minimum Gasteiger partial charge on any atom is -0.461 e. The molecular weight excluding hydrogens is 414 g/mol. The minimum absolute atomic E-state index is 0.233. The van der Waals surface area contributed by atoms with Gasteiger partial charge in [-0.05, 0) is 34.9 Å². The molecule has 1 aromatic carbocycles. The van der Waals surface area contributed by atoms with Gasteiger partial charge in [0.1, 0.15) is 12.9 Å². The first-order chi connectivity index (χ1) is 14.4. The second kappa shape index (κ2) is 8.33. The molecule has 1 aliphatic heterocycles. The summed E-state index contributed by atoms with van der Waals surface area (Å²) in [5.41, 5.74) is 7.44. The Morgan fingerprint density at radius 1 is 1.20 bits per heavy atom. The number of rotatable bonds is 6. The topological polar surface area (TPSA) is 92.1 Å². The van der Waals surface area contributed by atoms with Crippen molar-refractivity contribution in [3.8, 4) is 10.4 Å². The molecule has 156 valence electrons. The third kappa shape index (κ3) is 4.10. The summed E-state index contributed by atoms with van der Waals surface area (Å²) < 4.78 is 33.0. The number of carbonyl (C=O) groups excluding carboxylic acids is 1. The van der Waals surface area contributed by atoms with Crippen molar-refractivity contribution in [1.82, 2.24) is 14.3 Å². The van der Waals surface area contributed by atoms with Crippen molar-refractivity contribution in [3.05, 3.63) is 74.8 Å². The van der Waals surface area contributed by atoms with E-state index in [4.69, 9.17) is 10.5 Å². The number of aromatic nitrogens is 3. The SMILES string of the molecule is NCC(Cn1ncn(Cc2ccc(-c3ccc4c(c3)CC(=O)OC4)s2)c1=O)=C(F)F. The molecule has 3 aromatic rings. The van der Waals surface area contributed by atoms with Gasteiger partial charge in [0.25, 0.3) is 6.08 Å². The first-order valence-corrected chi connectivity index (χ1v) is 9.98. The van der Waals surface area contributed by atoms with Crippen LogP contribution in [0.25, 0.3) is 10.4 Å². The molecule has 0 radical (unpaired) electrons. The Morgan fingerprint density at radius 3 is 2.80 bits per heavy atom. The maximum atomic E-state index is 12.8. The molecule has 1 aliphatic rings. The second-order valence-corrected chi connectivity index (χ2v) is 8.02. The number of cyclic esters (lactones) is 1. The summed E-state index contributed by atoms with van der Waals surface area (Å²) in [6.07, 6.45) is -0.300. The fraction of sp³-hybridized carbons (Fsp3) is 0.250. The largest absolute Gasteiger partial charge is 0.461 e. The van der Waals surface area contributed by atoms with Crippen LogP contribution < -0.4 is 11.4 Å². The summed E-state index contributed by atoms with van der Waals surface area (Å²) in [6.45, 7) is -0.0999. The lowest BCUT2D eigenvalue weighted by Crippen LogP contribution is -2.27. The van der Waals surface area contributed by atoms with E-state index < -0.39 is 11.8 Å². The molecule has 2 aromatic heterocycles. The van der Waals surface area contributed by atoms with Crippen molar-refractivity contribution in [2.24, 2.45) is 5.73 Å². The van der Waals surface area contributed by atoms with Gasteiger partial charge in [-0.15, -0.1) is 11.3 Å². The van der Waals surface area contributed by atoms with Crippen LogP contribution in [0.3, 0.4) is 0 Å². The van der Waals surface area contributed by atoms with Crippen molar-refractivity contribution in [1.29, 1.82) is 0 Å². The van der Waals surface area contributed by atoms with Gasteiger partial charge in [0.15, 0.2) is 0 Å². The third-order valence-electron chi connectivity index (χ3n) is 4.85. The van der Waals surface area contributed by atoms with E-state index in [0.29, 0.717) is 6.61 Å². The number of halogens is 2. The molecule has 0 atom stereocenters. The Bertz CT molecular complexity index is 1190. The lowest BCUT2D eigenvalue weighted by molar-refractivity contribution is -0.145. The number of hydrogen-bond acceptors (Lipinski definition) is 6. The molecule has 0 aliphatic carbocycles. The van der Waals surface area contributed by atoms with Gasteiger partial charge < -0.3 is 10.5 Å². The first kappa shape index (κ1) is 20.2. The molecule has 7 nitrogen and oxygen atoms in total. The Kier molecular flexibility index (Phi) is 5.60. The standard InChI is InChI=1S/C20H18F2N4O3S/c21-19(22)15(7-23)8-26-20(28)25(11-24-26)9-16-3-4-17(30-16)12-1-2-13-10-29-18(27)6-14(13)5-12/h1-5,11H,6-10,23H2. The van der Waals surface area contributed by atoms with Crippen LogP contribution in [0, 0.1) is 0 Å². The highest BCUT2D eigenvalue weighted by atomic mass is 32.1. The average molecular weight is 432 g/mol. The maximum Gasteiger partial charge on any atom is 0.346 e. The van der Waals surface area contributed by atoms with E-state index >= 15 is 0 Å². The number of esters is 1. The van der Waals surface area contributed by atoms with Crippen LogP contribution >= 0.6 is 11.3 Å². The van der Waals surface area contributed by atoms with E-state index in [0.717, 1.165) is 31.1 Å². The summed E-state index contributed by atoms with van der Waals surface area (Å²) in [5.74, 6) is -0.233. The van der Waals surface area contributed by atoms with Gasteiger partial charge in [-0.25, -0.2) is 9.48 Å². The quantitative estimate of drug-likeness (QED) is 0.605. The van der Waals surface area contributed by atoms with Crippen LogP contribution in [0.4, 0.5) is 8.78 Å². The highest BCUT2D eigenvalue weighted by molar-refractivity contribution is 7.15. The monoisotopic (exact) mass is 432 g/mol. The molecule has 0 saturated carbocycles. The number of ether oxygens (including phenoxy) is 1. The van der Waals surface area contributed by atoms with Gasteiger partial charge in [-0.2, -0.15) is 13.9 Å². The van der Waals surface area contributed by atoms with Crippen LogP contribution in [-0.4, -0.2) is 26.9 Å². The predicted octanol–water partition coefficient (Wildman–Crippen LogP) is 2.53. The molecule has 4 rings (SSSR count). The Morgan fingerprint density at radius 2 is 2.03 bits per heavy atom. The van der Waals surface area contributed by atoms with Crippen molar-refractivity contribution >= 4 is 17.3 Å². The normalized spacial score (nSPS) is 13.1. The van der Waals surface area contributed by atoms with Gasteiger partial charge in [0, 0.05) is 21.9 Å². The summed E-state index contributed by atoms with van der Waals surface area (Å²) in [7, 11) is 0. The van der Waals surface area contributed by atoms with Crippen molar-refractivity contribution < 1.29 is 18.3 Å². The van der Waals surface area contributed by atoms with E-state index in [1.54, 1.807) is 0 Å². The number of hydrogen-bond donors (Lipinski definition) is 1. The Hall–Kier alpha value is -3.11. The summed E-state index contributed by atoms with van der Waals surface area (Å²) in [5, 5.41) is 3.91. The van der Waals surface area contributed by atoms with E-state index in [1.807, 2.05) is 30.3 Å². The van der Waals surface area contributed by atoms with Gasteiger partial charge in [-0.1, -0.05) is 12.1 Å². The average Bonchev–Trinajstić information content (AvgIpc) is 3.33. The highest BCUT2D eigenvalue weighted by Gasteiger charge is 2.18. The van der Waals surface area contributed by atoms with E-state index in [9.17, 15) is 18.4 Å². The molecule has 0 unspecified atom stereocenters. The zero-order valence-corrected chi connectivity index (χ0v) is 16.6. The number of benzene rings is 1. The van der Waals surface area contributed by atoms with Crippen LogP contribution in [0.15, 0.2) is 53.1 Å². The number of carbonyl (C=O) groups is 1. The molecular formula is C20H18F2N4O3S. The summed E-state index contributed by atoms with van der Waals surface area (Å²) in [4.78, 5) is 25.9. The van der Waals surface area contributed by atoms with E-state index in [-0.39, 0.29) is 37.6 Å². The molecule has 0 fully saturated rings. The minimum atomic E-state index is -1.89. The van der Waals surface area contributed by atoms with E-state index in [1.165, 1.54) is 22.2 Å². The summed E-state index contributed by atoms with van der Waals surface area (Å²) in [6, 6.07) is 9.78. The van der Waals surface area contributed by atoms with Gasteiger partial charge in [0.05, 0.1) is 19.5 Å². The van der Waals surface area contributed by atoms with E-state index in [2.05, 4.69) is 5.10 Å². The number of thiophene rings is 1. The van der Waals surface area contributed by atoms with Crippen molar-refractivity contribution in [3.63, 3.8) is 0 Å². The van der Waals surface area contributed by atoms with Gasteiger partial charge in [0.2, 0.25) is 0 Å².